The highest BCUT2D eigenvalue weighted by Crippen LogP contribution is 2.62. The van der Waals surface area contributed by atoms with Crippen molar-refractivity contribution in [2.45, 2.75) is 5.60 Å². The first-order valence-corrected chi connectivity index (χ1v) is 15.9. The third kappa shape index (κ3) is 3.57. The Morgan fingerprint density at radius 2 is 1.24 bits per heavy atom. The molecule has 5 rings (SSSR count). The molecule has 0 radical (unpaired) electrons. The van der Waals surface area contributed by atoms with Gasteiger partial charge in [0.05, 0.1) is 44.6 Å². The van der Waals surface area contributed by atoms with Crippen LogP contribution in [0.5, 0.6) is 23.0 Å². The lowest BCUT2D eigenvalue weighted by Crippen LogP contribution is -2.34. The predicted molar refractivity (Wildman–Crippen MR) is 174 cm³/mol. The molecule has 2 aliphatic heterocycles. The molecule has 0 fully saturated rings. The molecule has 33 heavy (non-hydrogen) atoms. The van der Waals surface area contributed by atoms with E-state index in [9.17, 15) is 15.0 Å². The summed E-state index contributed by atoms with van der Waals surface area (Å²) in [6.07, 6.45) is 0. The average molecular weight is 1160 g/mol. The molecule has 1 spiro atoms. The first-order valence-electron chi connectivity index (χ1n) is 8.63. The quantitative estimate of drug-likeness (QED) is 0.102. The van der Waals surface area contributed by atoms with Crippen LogP contribution in [-0.4, -0.2) is 16.2 Å². The van der Waals surface area contributed by atoms with Crippen LogP contribution in [0.15, 0.2) is 12.1 Å². The van der Waals surface area contributed by atoms with Crippen LogP contribution in [0.1, 0.15) is 27.0 Å². The molecule has 170 valence electrons. The van der Waals surface area contributed by atoms with Crippen molar-refractivity contribution in [3.05, 3.63) is 65.9 Å². The number of carbonyl (C=O) groups excluding carboxylic acids is 1. The van der Waals surface area contributed by atoms with Crippen molar-refractivity contribution in [3.63, 3.8) is 0 Å². The number of hydrogen-bond acceptors (Lipinski definition) is 5. The Morgan fingerprint density at radius 3 is 1.73 bits per heavy atom. The van der Waals surface area contributed by atoms with Crippen molar-refractivity contribution >= 4 is 165 Å². The van der Waals surface area contributed by atoms with Gasteiger partial charge in [-0.3, -0.25) is 0 Å². The maximum absolute atomic E-state index is 13.4. The number of benzene rings is 3. The van der Waals surface area contributed by atoms with Crippen LogP contribution in [0, 0.1) is 21.4 Å². The van der Waals surface area contributed by atoms with Crippen molar-refractivity contribution in [3.8, 4) is 23.0 Å². The number of phenolic OH excluding ortho intramolecular Hbond substituents is 2. The van der Waals surface area contributed by atoms with Crippen molar-refractivity contribution in [1.82, 2.24) is 0 Å². The highest BCUT2D eigenvalue weighted by Gasteiger charge is 2.57. The summed E-state index contributed by atoms with van der Waals surface area (Å²) in [5.41, 5.74) is 0.396. The molecule has 0 bridgehead atoms. The van der Waals surface area contributed by atoms with E-state index in [1.807, 2.05) is 113 Å². The molecule has 5 nitrogen and oxygen atoms in total. The van der Waals surface area contributed by atoms with Crippen LogP contribution in [0.3, 0.4) is 0 Å². The molecule has 3 aromatic carbocycles. The molecular weight excluding hydrogens is 1150 g/mol. The van der Waals surface area contributed by atoms with Crippen molar-refractivity contribution in [2.75, 3.05) is 0 Å². The van der Waals surface area contributed by atoms with E-state index in [0.29, 0.717) is 54.6 Å². The zero-order valence-electron chi connectivity index (χ0n) is 15.3. The predicted octanol–water partition coefficient (Wildman–Crippen LogP) is 8.60. The highest BCUT2D eigenvalue weighted by atomic mass is 127. The van der Waals surface area contributed by atoms with E-state index in [2.05, 4.69) is 22.6 Å². The lowest BCUT2D eigenvalue weighted by atomic mass is 9.77. The van der Waals surface area contributed by atoms with Gasteiger partial charge in [-0.2, -0.15) is 0 Å². The maximum atomic E-state index is 13.4. The summed E-state index contributed by atoms with van der Waals surface area (Å²) in [5.74, 6) is 0.188. The normalized spacial score (nSPS) is 15.1. The monoisotopic (exact) mass is 1160 g/mol. The minimum atomic E-state index is -1.44. The average Bonchev–Trinajstić information content (AvgIpc) is 3.08. The maximum Gasteiger partial charge on any atom is 0.341 e. The molecule has 0 saturated carbocycles. The second-order valence-corrected chi connectivity index (χ2v) is 14.4. The van der Waals surface area contributed by atoms with Gasteiger partial charge in [0.25, 0.3) is 0 Å². The number of fused-ring (bicyclic) bond motifs is 6. The topological polar surface area (TPSA) is 76.0 Å². The minimum absolute atomic E-state index is 0.0520. The number of carbonyl (C=O) groups is 1. The van der Waals surface area contributed by atoms with Crippen molar-refractivity contribution in [2.24, 2.45) is 0 Å². The van der Waals surface area contributed by atoms with E-state index in [1.165, 1.54) is 0 Å². The summed E-state index contributed by atoms with van der Waals surface area (Å²) >= 11 is 25.5. The Morgan fingerprint density at radius 1 is 0.758 bits per heavy atom. The molecule has 0 unspecified atom stereocenters. The zero-order valence-corrected chi connectivity index (χ0v) is 29.8. The van der Waals surface area contributed by atoms with Gasteiger partial charge in [0.1, 0.15) is 11.5 Å². The van der Waals surface area contributed by atoms with Gasteiger partial charge >= 0.3 is 5.97 Å². The van der Waals surface area contributed by atoms with Gasteiger partial charge in [-0.25, -0.2) is 4.79 Å². The molecule has 0 saturated heterocycles. The van der Waals surface area contributed by atoms with E-state index in [4.69, 9.17) is 32.7 Å². The van der Waals surface area contributed by atoms with E-state index in [0.717, 1.165) is 0 Å². The van der Waals surface area contributed by atoms with Gasteiger partial charge in [-0.05, 0) is 148 Å². The molecule has 0 atom stereocenters. The summed E-state index contributed by atoms with van der Waals surface area (Å²) < 4.78 is 15.7. The Kier molecular flexibility index (Phi) is 7.16. The molecule has 2 aliphatic rings. The number of aromatic hydroxyl groups is 2. The van der Waals surface area contributed by atoms with E-state index in [-0.39, 0.29) is 22.1 Å². The number of esters is 1. The molecule has 2 heterocycles. The van der Waals surface area contributed by atoms with Gasteiger partial charge < -0.3 is 19.7 Å². The van der Waals surface area contributed by atoms with Crippen LogP contribution in [-0.2, 0) is 10.3 Å². The van der Waals surface area contributed by atoms with Gasteiger partial charge in [-0.15, -0.1) is 0 Å². The molecule has 3 aromatic rings. The summed E-state index contributed by atoms with van der Waals surface area (Å²) in [4.78, 5) is 13.4. The molecule has 13 heteroatoms. The molecule has 0 aromatic heterocycles. The first kappa shape index (κ1) is 26.1. The number of phenols is 2. The fourth-order valence-corrected chi connectivity index (χ4v) is 9.98. The van der Waals surface area contributed by atoms with Crippen LogP contribution < -0.4 is 4.74 Å². The first-order chi connectivity index (χ1) is 15.4. The van der Waals surface area contributed by atoms with Gasteiger partial charge in [0.2, 0.25) is 0 Å². The van der Waals surface area contributed by atoms with Gasteiger partial charge in [0, 0.05) is 9.13 Å². The Hall–Kier alpha value is 1.49. The van der Waals surface area contributed by atoms with E-state index >= 15 is 0 Å². The molecule has 2 N–H and O–H groups in total. The van der Waals surface area contributed by atoms with Crippen molar-refractivity contribution < 1.29 is 24.5 Å². The lowest BCUT2D eigenvalue weighted by molar-refractivity contribution is 0.0221. The summed E-state index contributed by atoms with van der Waals surface area (Å²) in [6.45, 7) is 0. The molecule has 0 amide bonds. The zero-order chi connectivity index (χ0) is 24.1. The van der Waals surface area contributed by atoms with Gasteiger partial charge in [-0.1, -0.05) is 23.2 Å². The summed E-state index contributed by atoms with van der Waals surface area (Å²) in [6, 6.07) is 3.47. The number of hydrogen-bond donors (Lipinski definition) is 2. The molecular formula is C20H4Cl2I6O5. The highest BCUT2D eigenvalue weighted by molar-refractivity contribution is 14.1. The Labute approximate surface area is 278 Å². The number of ether oxygens (including phenoxy) is 2. The summed E-state index contributed by atoms with van der Waals surface area (Å²) in [7, 11) is 0. The minimum Gasteiger partial charge on any atom is -0.506 e. The molecule has 0 aliphatic carbocycles. The SMILES string of the molecule is O=C1OC2(c3cc(I)c(O)c(I)c3Oc3c2cc(I)c(O)c3I)c2c(I)c(Cl)c(I)c(Cl)c21. The van der Waals surface area contributed by atoms with E-state index in [1.54, 1.807) is 12.1 Å². The Bertz CT molecular complexity index is 1400. The van der Waals surface area contributed by atoms with Crippen LogP contribution in [0.25, 0.3) is 0 Å². The lowest BCUT2D eigenvalue weighted by Gasteiger charge is -2.38. The fraction of sp³-hybridized carbons (Fsp3) is 0.0500. The van der Waals surface area contributed by atoms with Crippen LogP contribution >= 0.6 is 159 Å². The Balaban J connectivity index is 2.05. The number of halogens is 8. The fourth-order valence-electron chi connectivity index (χ4n) is 3.93. The largest absolute Gasteiger partial charge is 0.506 e. The van der Waals surface area contributed by atoms with Crippen molar-refractivity contribution in [1.29, 1.82) is 0 Å². The smallest absolute Gasteiger partial charge is 0.341 e. The third-order valence-electron chi connectivity index (χ3n) is 5.33. The van der Waals surface area contributed by atoms with E-state index < -0.39 is 11.6 Å². The number of rotatable bonds is 0. The van der Waals surface area contributed by atoms with Crippen LogP contribution in [0.4, 0.5) is 0 Å². The second kappa shape index (κ2) is 9.05. The summed E-state index contributed by atoms with van der Waals surface area (Å²) in [5, 5.41) is 21.9. The second-order valence-electron chi connectivity index (χ2n) is 6.97. The third-order valence-corrected chi connectivity index (χ3v) is 12.8. The standard InChI is InChI=1S/C20H4Cl2I6O5/c21-9-7-8(11(25)10(22)12(9)26)20(33-19(7)31)3-1-5(23)15(29)13(27)17(3)32-18-4(20)2-6(24)16(30)14(18)28/h1-2,29-30H. The van der Waals surface area contributed by atoms with Gasteiger partial charge in [0.15, 0.2) is 17.1 Å². The van der Waals surface area contributed by atoms with Crippen LogP contribution in [0.2, 0.25) is 10.0 Å².